The van der Waals surface area contributed by atoms with Gasteiger partial charge in [0.2, 0.25) is 5.95 Å². The minimum atomic E-state index is -0.166. The maximum atomic E-state index is 11.6. The van der Waals surface area contributed by atoms with Crippen LogP contribution in [0.5, 0.6) is 0 Å². The summed E-state index contributed by atoms with van der Waals surface area (Å²) in [7, 11) is 0. The summed E-state index contributed by atoms with van der Waals surface area (Å²) < 4.78 is 7.23. The van der Waals surface area contributed by atoms with Crippen LogP contribution < -0.4 is 16.4 Å². The predicted molar refractivity (Wildman–Crippen MR) is 121 cm³/mol. The summed E-state index contributed by atoms with van der Waals surface area (Å²) >= 11 is 0. The second-order valence-electron chi connectivity index (χ2n) is 8.75. The maximum Gasteiger partial charge on any atom is 0.305 e. The Balaban J connectivity index is 1.52. The van der Waals surface area contributed by atoms with Gasteiger partial charge in [-0.1, -0.05) is 12.8 Å². The van der Waals surface area contributed by atoms with E-state index in [-0.39, 0.29) is 5.97 Å². The van der Waals surface area contributed by atoms with Crippen molar-refractivity contribution in [3.63, 3.8) is 0 Å². The monoisotopic (exact) mass is 429 g/mol. The zero-order valence-corrected chi connectivity index (χ0v) is 18.5. The normalized spacial score (nSPS) is 22.0. The van der Waals surface area contributed by atoms with E-state index in [0.29, 0.717) is 50.1 Å². The van der Waals surface area contributed by atoms with E-state index in [9.17, 15) is 4.79 Å². The third-order valence-electron chi connectivity index (χ3n) is 6.40. The number of anilines is 2. The molecule has 0 atom stereocenters. The van der Waals surface area contributed by atoms with Gasteiger partial charge in [-0.3, -0.25) is 4.79 Å². The Kier molecular flexibility index (Phi) is 7.21. The topological polar surface area (TPSA) is 120 Å². The van der Waals surface area contributed by atoms with Gasteiger partial charge in [-0.05, 0) is 51.9 Å². The van der Waals surface area contributed by atoms with Crippen LogP contribution in [0, 0.1) is 0 Å². The molecule has 170 valence electrons. The van der Waals surface area contributed by atoms with E-state index in [1.807, 2.05) is 13.3 Å². The lowest BCUT2D eigenvalue weighted by molar-refractivity contribution is -0.143. The quantitative estimate of drug-likeness (QED) is 0.410. The lowest BCUT2D eigenvalue weighted by Gasteiger charge is -2.27. The molecule has 2 aliphatic carbocycles. The predicted octanol–water partition coefficient (Wildman–Crippen LogP) is 3.38. The van der Waals surface area contributed by atoms with Gasteiger partial charge in [0.05, 0.1) is 12.9 Å². The Morgan fingerprint density at radius 1 is 1.19 bits per heavy atom. The maximum absolute atomic E-state index is 11.6. The van der Waals surface area contributed by atoms with Crippen molar-refractivity contribution in [2.75, 3.05) is 23.8 Å². The highest BCUT2D eigenvalue weighted by Crippen LogP contribution is 2.33. The molecule has 4 N–H and O–H groups in total. The van der Waals surface area contributed by atoms with E-state index < -0.39 is 0 Å². The average molecular weight is 430 g/mol. The fourth-order valence-electron chi connectivity index (χ4n) is 4.67. The first-order valence-electron chi connectivity index (χ1n) is 11.8. The van der Waals surface area contributed by atoms with Crippen LogP contribution in [0.25, 0.3) is 11.2 Å². The molecule has 31 heavy (non-hydrogen) atoms. The molecule has 0 saturated heterocycles. The van der Waals surface area contributed by atoms with Crippen LogP contribution in [0.15, 0.2) is 6.33 Å². The molecular weight excluding hydrogens is 394 g/mol. The van der Waals surface area contributed by atoms with Crippen molar-refractivity contribution in [1.29, 1.82) is 0 Å². The van der Waals surface area contributed by atoms with E-state index in [0.717, 1.165) is 42.7 Å². The Hall–Kier alpha value is -2.42. The first kappa shape index (κ1) is 21.8. The Labute approximate surface area is 183 Å². The average Bonchev–Trinajstić information content (AvgIpc) is 3.43. The molecule has 2 aromatic heterocycles. The fraction of sp³-hybridized carbons (Fsp3) is 0.727. The number of aromatic nitrogens is 4. The van der Waals surface area contributed by atoms with E-state index in [1.165, 1.54) is 25.7 Å². The molecule has 0 amide bonds. The van der Waals surface area contributed by atoms with Crippen molar-refractivity contribution < 1.29 is 9.53 Å². The molecule has 0 radical (unpaired) electrons. The van der Waals surface area contributed by atoms with Crippen molar-refractivity contribution in [2.24, 2.45) is 5.73 Å². The van der Waals surface area contributed by atoms with Gasteiger partial charge < -0.3 is 25.7 Å². The van der Waals surface area contributed by atoms with Crippen molar-refractivity contribution in [2.45, 2.75) is 89.3 Å². The molecule has 9 heteroatoms. The molecule has 2 saturated carbocycles. The van der Waals surface area contributed by atoms with Crippen molar-refractivity contribution in [1.82, 2.24) is 19.5 Å². The first-order valence-corrected chi connectivity index (χ1v) is 11.8. The van der Waals surface area contributed by atoms with E-state index >= 15 is 0 Å². The number of carbonyl (C=O) groups excluding carboxylic acids is 1. The number of hydrogen-bond acceptors (Lipinski definition) is 8. The molecular formula is C22H35N7O2. The number of esters is 1. The van der Waals surface area contributed by atoms with Gasteiger partial charge in [0, 0.05) is 31.1 Å². The molecule has 0 spiro atoms. The van der Waals surface area contributed by atoms with Gasteiger partial charge in [0.1, 0.15) is 0 Å². The van der Waals surface area contributed by atoms with Crippen LogP contribution >= 0.6 is 0 Å². The van der Waals surface area contributed by atoms with E-state index in [2.05, 4.69) is 20.2 Å². The van der Waals surface area contributed by atoms with Crippen LogP contribution in [0.2, 0.25) is 0 Å². The van der Waals surface area contributed by atoms with Crippen LogP contribution in [0.1, 0.15) is 77.2 Å². The number of nitrogens with one attached hydrogen (secondary N) is 2. The number of carbonyl (C=O) groups is 1. The van der Waals surface area contributed by atoms with Crippen LogP contribution in [0.4, 0.5) is 11.8 Å². The van der Waals surface area contributed by atoms with Crippen LogP contribution in [0.3, 0.4) is 0 Å². The largest absolute Gasteiger partial charge is 0.466 e. The molecule has 0 unspecified atom stereocenters. The van der Waals surface area contributed by atoms with Crippen LogP contribution in [-0.2, 0) is 9.53 Å². The SMILES string of the molecule is CCOC(=O)CCCNc1nc(NC2CCC(N)CC2)nc2c1ncn2C1CCCC1. The van der Waals surface area contributed by atoms with Crippen LogP contribution in [-0.4, -0.2) is 50.7 Å². The minimum absolute atomic E-state index is 0.166. The molecule has 2 fully saturated rings. The molecule has 0 aromatic carbocycles. The molecule has 4 rings (SSSR count). The highest BCUT2D eigenvalue weighted by atomic mass is 16.5. The Bertz CT molecular complexity index is 870. The Morgan fingerprint density at radius 2 is 1.97 bits per heavy atom. The lowest BCUT2D eigenvalue weighted by Crippen LogP contribution is -2.33. The number of imidazole rings is 1. The smallest absolute Gasteiger partial charge is 0.305 e. The number of rotatable bonds is 9. The second kappa shape index (κ2) is 10.3. The number of hydrogen-bond donors (Lipinski definition) is 3. The summed E-state index contributed by atoms with van der Waals surface area (Å²) in [5.41, 5.74) is 7.73. The zero-order valence-electron chi connectivity index (χ0n) is 18.5. The number of fused-ring (bicyclic) bond motifs is 1. The summed E-state index contributed by atoms with van der Waals surface area (Å²) in [6.07, 6.45) is 11.9. The van der Waals surface area contributed by atoms with Gasteiger partial charge in [-0.2, -0.15) is 9.97 Å². The third-order valence-corrected chi connectivity index (χ3v) is 6.40. The van der Waals surface area contributed by atoms with Gasteiger partial charge in [0.15, 0.2) is 17.0 Å². The molecule has 0 aliphatic heterocycles. The summed E-state index contributed by atoms with van der Waals surface area (Å²) in [5.74, 6) is 1.20. The van der Waals surface area contributed by atoms with Gasteiger partial charge in [-0.15, -0.1) is 0 Å². The molecule has 0 bridgehead atoms. The summed E-state index contributed by atoms with van der Waals surface area (Å²) in [5, 5.41) is 6.91. The minimum Gasteiger partial charge on any atom is -0.466 e. The molecule has 2 heterocycles. The van der Waals surface area contributed by atoms with Gasteiger partial charge in [0.25, 0.3) is 0 Å². The number of nitrogens with two attached hydrogens (primary N) is 1. The van der Waals surface area contributed by atoms with E-state index in [4.69, 9.17) is 20.4 Å². The molecule has 2 aromatic rings. The highest BCUT2D eigenvalue weighted by Gasteiger charge is 2.23. The first-order chi connectivity index (χ1) is 15.1. The lowest BCUT2D eigenvalue weighted by atomic mass is 9.92. The standard InChI is InChI=1S/C22H35N7O2/c1-2-31-18(30)8-5-13-24-20-19-21(29(14-25-19)17-6-3-4-7-17)28-22(27-20)26-16-11-9-15(23)10-12-16/h14-17H,2-13,23H2,1H3,(H2,24,26,27,28). The summed E-state index contributed by atoms with van der Waals surface area (Å²) in [6.45, 7) is 2.86. The van der Waals surface area contributed by atoms with Gasteiger partial charge >= 0.3 is 5.97 Å². The second-order valence-corrected chi connectivity index (χ2v) is 8.75. The van der Waals surface area contributed by atoms with Crippen molar-refractivity contribution >= 4 is 28.9 Å². The number of nitrogens with zero attached hydrogens (tertiary/aromatic N) is 4. The molecule has 9 nitrogen and oxygen atoms in total. The zero-order chi connectivity index (χ0) is 21.6. The fourth-order valence-corrected chi connectivity index (χ4v) is 4.67. The van der Waals surface area contributed by atoms with Crippen molar-refractivity contribution in [3.05, 3.63) is 6.33 Å². The Morgan fingerprint density at radius 3 is 2.71 bits per heavy atom. The van der Waals surface area contributed by atoms with E-state index in [1.54, 1.807) is 0 Å². The summed E-state index contributed by atoms with van der Waals surface area (Å²) in [4.78, 5) is 25.9. The third kappa shape index (κ3) is 5.44. The molecule has 2 aliphatic rings. The van der Waals surface area contributed by atoms with Crippen molar-refractivity contribution in [3.8, 4) is 0 Å². The summed E-state index contributed by atoms with van der Waals surface area (Å²) in [6, 6.07) is 1.11. The highest BCUT2D eigenvalue weighted by molar-refractivity contribution is 5.84. The number of ether oxygens (including phenoxy) is 1. The van der Waals surface area contributed by atoms with Gasteiger partial charge in [-0.25, -0.2) is 4.98 Å².